The molecule has 0 bridgehead atoms. The Morgan fingerprint density at radius 1 is 1.31 bits per heavy atom. The molecular weight excluding hydrogens is 224 g/mol. The summed E-state index contributed by atoms with van der Waals surface area (Å²) < 4.78 is 0. The van der Waals surface area contributed by atoms with E-state index in [2.05, 4.69) is 4.98 Å². The molecule has 0 aliphatic rings. The third kappa shape index (κ3) is 1.95. The van der Waals surface area contributed by atoms with Crippen LogP contribution in [-0.4, -0.2) is 10.9 Å². The maximum Gasteiger partial charge on any atom is 0.250 e. The lowest BCUT2D eigenvalue weighted by Gasteiger charge is -2.01. The third-order valence-corrected chi connectivity index (χ3v) is 2.60. The summed E-state index contributed by atoms with van der Waals surface area (Å²) in [6, 6.07) is 8.99. The number of nitrogens with one attached hydrogen (secondary N) is 1. The van der Waals surface area contributed by atoms with Crippen LogP contribution in [0.3, 0.4) is 0 Å². The van der Waals surface area contributed by atoms with E-state index in [1.807, 2.05) is 19.1 Å². The fraction of sp³-hybridized carbons (Fsp3) is 0.0833. The first-order valence-electron chi connectivity index (χ1n) is 4.83. The number of carbonyl (C=O) groups excluding carboxylic acids is 1. The summed E-state index contributed by atoms with van der Waals surface area (Å²) in [6.45, 7) is 1.88. The number of hydrogen-bond acceptors (Lipinski definition) is 1. The van der Waals surface area contributed by atoms with E-state index in [1.54, 1.807) is 18.2 Å². The van der Waals surface area contributed by atoms with Gasteiger partial charge in [-0.1, -0.05) is 23.7 Å². The molecule has 1 amide bonds. The van der Waals surface area contributed by atoms with Gasteiger partial charge in [0, 0.05) is 10.7 Å². The molecule has 16 heavy (non-hydrogen) atoms. The number of carbonyl (C=O) groups is 1. The molecule has 0 unspecified atom stereocenters. The molecule has 1 heterocycles. The number of hydrogen-bond donors (Lipinski definition) is 2. The summed E-state index contributed by atoms with van der Waals surface area (Å²) in [5.74, 6) is -0.436. The average Bonchev–Trinajstić information content (AvgIpc) is 2.61. The topological polar surface area (TPSA) is 58.9 Å². The number of primary amides is 1. The third-order valence-electron chi connectivity index (χ3n) is 2.35. The minimum absolute atomic E-state index is 0.436. The summed E-state index contributed by atoms with van der Waals surface area (Å²) in [5.41, 5.74) is 8.34. The number of aromatic nitrogens is 1. The molecular formula is C12H11ClN2O. The van der Waals surface area contributed by atoms with Crippen LogP contribution in [-0.2, 0) is 0 Å². The van der Waals surface area contributed by atoms with Crippen LogP contribution in [0.5, 0.6) is 0 Å². The molecule has 3 N–H and O–H groups in total. The fourth-order valence-corrected chi connectivity index (χ4v) is 1.75. The van der Waals surface area contributed by atoms with Crippen LogP contribution in [0.15, 0.2) is 30.3 Å². The van der Waals surface area contributed by atoms with Crippen molar-refractivity contribution < 1.29 is 4.79 Å². The molecule has 0 fully saturated rings. The van der Waals surface area contributed by atoms with Gasteiger partial charge in [0.05, 0.1) is 11.3 Å². The van der Waals surface area contributed by atoms with Crippen molar-refractivity contribution in [3.63, 3.8) is 0 Å². The lowest BCUT2D eigenvalue weighted by atomic mass is 10.1. The second-order valence-electron chi connectivity index (χ2n) is 3.61. The Bertz CT molecular complexity index is 528. The van der Waals surface area contributed by atoms with E-state index >= 15 is 0 Å². The van der Waals surface area contributed by atoms with Gasteiger partial charge in [0.15, 0.2) is 0 Å². The molecule has 2 rings (SSSR count). The normalized spacial score (nSPS) is 10.4. The predicted octanol–water partition coefficient (Wildman–Crippen LogP) is 2.74. The molecule has 0 aliphatic heterocycles. The zero-order valence-corrected chi connectivity index (χ0v) is 9.51. The molecule has 4 heteroatoms. The second kappa shape index (κ2) is 4.02. The van der Waals surface area contributed by atoms with Gasteiger partial charge in [-0.05, 0) is 30.7 Å². The van der Waals surface area contributed by atoms with E-state index in [-0.39, 0.29) is 0 Å². The van der Waals surface area contributed by atoms with Crippen molar-refractivity contribution >= 4 is 17.5 Å². The standard InChI is InChI=1S/C12H11ClN2O/c1-7-6-10(12(14)16)11(15-7)8-2-4-9(13)5-3-8/h2-6,15H,1H3,(H2,14,16). The number of nitrogens with two attached hydrogens (primary N) is 1. The monoisotopic (exact) mass is 234 g/mol. The molecule has 82 valence electrons. The molecule has 2 aromatic rings. The highest BCUT2D eigenvalue weighted by Crippen LogP contribution is 2.24. The predicted molar refractivity (Wildman–Crippen MR) is 64.5 cm³/mol. The van der Waals surface area contributed by atoms with Crippen LogP contribution in [0.1, 0.15) is 16.1 Å². The molecule has 0 atom stereocenters. The van der Waals surface area contributed by atoms with Gasteiger partial charge in [0.2, 0.25) is 0 Å². The first kappa shape index (κ1) is 10.8. The molecule has 3 nitrogen and oxygen atoms in total. The van der Waals surface area contributed by atoms with Crippen LogP contribution in [0.2, 0.25) is 5.02 Å². The molecule has 0 radical (unpaired) electrons. The summed E-state index contributed by atoms with van der Waals surface area (Å²) >= 11 is 5.80. The van der Waals surface area contributed by atoms with Crippen LogP contribution >= 0.6 is 11.6 Å². The van der Waals surface area contributed by atoms with Gasteiger partial charge in [0.1, 0.15) is 0 Å². The minimum atomic E-state index is -0.436. The Morgan fingerprint density at radius 3 is 2.50 bits per heavy atom. The van der Waals surface area contributed by atoms with E-state index in [0.717, 1.165) is 17.0 Å². The van der Waals surface area contributed by atoms with Crippen molar-refractivity contribution in [3.05, 3.63) is 46.6 Å². The molecule has 1 aromatic carbocycles. The summed E-state index contributed by atoms with van der Waals surface area (Å²) in [4.78, 5) is 14.4. The van der Waals surface area contributed by atoms with Gasteiger partial charge >= 0.3 is 0 Å². The van der Waals surface area contributed by atoms with E-state index < -0.39 is 5.91 Å². The fourth-order valence-electron chi connectivity index (χ4n) is 1.63. The van der Waals surface area contributed by atoms with Crippen molar-refractivity contribution in [2.24, 2.45) is 5.73 Å². The van der Waals surface area contributed by atoms with Crippen molar-refractivity contribution in [2.45, 2.75) is 6.92 Å². The van der Waals surface area contributed by atoms with Gasteiger partial charge in [-0.15, -0.1) is 0 Å². The number of aromatic amines is 1. The van der Waals surface area contributed by atoms with Crippen molar-refractivity contribution in [1.82, 2.24) is 4.98 Å². The summed E-state index contributed by atoms with van der Waals surface area (Å²) in [7, 11) is 0. The number of halogens is 1. The molecule has 0 saturated heterocycles. The number of amides is 1. The van der Waals surface area contributed by atoms with Crippen molar-refractivity contribution in [2.75, 3.05) is 0 Å². The second-order valence-corrected chi connectivity index (χ2v) is 4.05. The Hall–Kier alpha value is -1.74. The number of aryl methyl sites for hydroxylation is 1. The summed E-state index contributed by atoms with van der Waals surface area (Å²) in [6.07, 6.45) is 0. The van der Waals surface area contributed by atoms with Gasteiger partial charge in [-0.25, -0.2) is 0 Å². The van der Waals surface area contributed by atoms with Crippen molar-refractivity contribution in [1.29, 1.82) is 0 Å². The maximum atomic E-state index is 11.3. The van der Waals surface area contributed by atoms with Gasteiger partial charge in [0.25, 0.3) is 5.91 Å². The molecule has 0 aliphatic carbocycles. The highest BCUT2D eigenvalue weighted by molar-refractivity contribution is 6.30. The summed E-state index contributed by atoms with van der Waals surface area (Å²) in [5, 5.41) is 0.660. The first-order valence-corrected chi connectivity index (χ1v) is 5.21. The van der Waals surface area contributed by atoms with Gasteiger partial charge in [-0.2, -0.15) is 0 Å². The maximum absolute atomic E-state index is 11.3. The zero-order chi connectivity index (χ0) is 11.7. The highest BCUT2D eigenvalue weighted by atomic mass is 35.5. The quantitative estimate of drug-likeness (QED) is 0.825. The van der Waals surface area contributed by atoms with Gasteiger partial charge in [-0.3, -0.25) is 4.79 Å². The van der Waals surface area contributed by atoms with E-state index in [1.165, 1.54) is 0 Å². The number of rotatable bonds is 2. The minimum Gasteiger partial charge on any atom is -0.366 e. The van der Waals surface area contributed by atoms with E-state index in [9.17, 15) is 4.79 Å². The lowest BCUT2D eigenvalue weighted by Crippen LogP contribution is -2.11. The Kier molecular flexibility index (Phi) is 2.71. The smallest absolute Gasteiger partial charge is 0.250 e. The van der Waals surface area contributed by atoms with Crippen LogP contribution < -0.4 is 5.73 Å². The average molecular weight is 235 g/mol. The first-order chi connectivity index (χ1) is 7.58. The van der Waals surface area contributed by atoms with E-state index in [0.29, 0.717) is 10.6 Å². The zero-order valence-electron chi connectivity index (χ0n) is 8.75. The van der Waals surface area contributed by atoms with E-state index in [4.69, 9.17) is 17.3 Å². The van der Waals surface area contributed by atoms with Crippen molar-refractivity contribution in [3.8, 4) is 11.3 Å². The Labute approximate surface area is 98.2 Å². The van der Waals surface area contributed by atoms with Crippen LogP contribution in [0.25, 0.3) is 11.3 Å². The number of benzene rings is 1. The lowest BCUT2D eigenvalue weighted by molar-refractivity contribution is 0.100. The largest absolute Gasteiger partial charge is 0.366 e. The Morgan fingerprint density at radius 2 is 1.94 bits per heavy atom. The highest BCUT2D eigenvalue weighted by Gasteiger charge is 2.12. The van der Waals surface area contributed by atoms with Crippen LogP contribution in [0, 0.1) is 6.92 Å². The van der Waals surface area contributed by atoms with Crippen LogP contribution in [0.4, 0.5) is 0 Å². The molecule has 0 saturated carbocycles. The SMILES string of the molecule is Cc1cc(C(N)=O)c(-c2ccc(Cl)cc2)[nH]1. The molecule has 0 spiro atoms. The Balaban J connectivity index is 2.55. The molecule has 1 aromatic heterocycles. The number of H-pyrrole nitrogens is 1. The van der Waals surface area contributed by atoms with Gasteiger partial charge < -0.3 is 10.7 Å².